The molecular formula is C22H30Cl2N4O2. The topological polar surface area (TPSA) is 57.6 Å². The molecule has 6 nitrogen and oxygen atoms in total. The normalized spacial score (nSPS) is 10.9. The number of nitrogens with zero attached hydrogens (tertiary/aromatic N) is 3. The number of aryl methyl sites for hydroxylation is 1. The van der Waals surface area contributed by atoms with Crippen molar-refractivity contribution < 1.29 is 9.59 Å². The van der Waals surface area contributed by atoms with E-state index in [1.807, 2.05) is 41.8 Å². The number of hydrogen-bond acceptors (Lipinski definition) is 2. The van der Waals surface area contributed by atoms with Gasteiger partial charge in [-0.25, -0.2) is 4.79 Å². The molecule has 30 heavy (non-hydrogen) atoms. The van der Waals surface area contributed by atoms with Crippen LogP contribution in [0.25, 0.3) is 0 Å². The Bertz CT molecular complexity index is 867. The number of rotatable bonds is 9. The van der Waals surface area contributed by atoms with Crippen LogP contribution in [0.3, 0.4) is 0 Å². The van der Waals surface area contributed by atoms with Crippen LogP contribution in [0.1, 0.15) is 32.9 Å². The summed E-state index contributed by atoms with van der Waals surface area (Å²) in [5, 5.41) is 3.62. The summed E-state index contributed by atoms with van der Waals surface area (Å²) in [5.41, 5.74) is 1.51. The van der Waals surface area contributed by atoms with Crippen LogP contribution in [-0.4, -0.2) is 45.9 Å². The predicted octanol–water partition coefficient (Wildman–Crippen LogP) is 5.26. The largest absolute Gasteiger partial charge is 0.353 e. The molecule has 1 aromatic carbocycles. The lowest BCUT2D eigenvalue weighted by molar-refractivity contribution is -0.133. The smallest absolute Gasteiger partial charge is 0.322 e. The number of nitrogens with one attached hydrogen (secondary N) is 1. The molecule has 3 amide bonds. The van der Waals surface area contributed by atoms with E-state index in [1.54, 1.807) is 18.2 Å². The number of anilines is 1. The molecule has 8 heteroatoms. The van der Waals surface area contributed by atoms with E-state index < -0.39 is 0 Å². The second kappa shape index (κ2) is 11.3. The molecule has 2 aromatic rings. The summed E-state index contributed by atoms with van der Waals surface area (Å²) in [6, 6.07) is 8.47. The molecule has 1 aromatic heterocycles. The summed E-state index contributed by atoms with van der Waals surface area (Å²) in [7, 11) is 1.96. The highest BCUT2D eigenvalue weighted by Gasteiger charge is 2.23. The van der Waals surface area contributed by atoms with Gasteiger partial charge in [0.1, 0.15) is 6.54 Å². The summed E-state index contributed by atoms with van der Waals surface area (Å²) >= 11 is 12.1. The maximum Gasteiger partial charge on any atom is 0.322 e. The number of carbonyl (C=O) groups is 2. The molecule has 0 saturated carbocycles. The van der Waals surface area contributed by atoms with Crippen molar-refractivity contribution >= 4 is 40.8 Å². The van der Waals surface area contributed by atoms with Gasteiger partial charge in [-0.2, -0.15) is 0 Å². The van der Waals surface area contributed by atoms with Gasteiger partial charge in [0.2, 0.25) is 5.91 Å². The minimum atomic E-state index is -0.363. The fourth-order valence-corrected chi connectivity index (χ4v) is 3.58. The first kappa shape index (κ1) is 24.1. The monoisotopic (exact) mass is 452 g/mol. The van der Waals surface area contributed by atoms with Gasteiger partial charge in [0, 0.05) is 37.1 Å². The van der Waals surface area contributed by atoms with Crippen LogP contribution < -0.4 is 5.32 Å². The average molecular weight is 453 g/mol. The van der Waals surface area contributed by atoms with Crippen molar-refractivity contribution in [1.82, 2.24) is 14.4 Å². The lowest BCUT2D eigenvalue weighted by Crippen LogP contribution is -2.45. The van der Waals surface area contributed by atoms with Gasteiger partial charge in [0.25, 0.3) is 0 Å². The Labute approximate surface area is 188 Å². The zero-order valence-electron chi connectivity index (χ0n) is 18.0. The van der Waals surface area contributed by atoms with Crippen molar-refractivity contribution in [1.29, 1.82) is 0 Å². The number of halogens is 2. The molecule has 0 radical (unpaired) electrons. The minimum Gasteiger partial charge on any atom is -0.353 e. The summed E-state index contributed by atoms with van der Waals surface area (Å²) in [4.78, 5) is 29.3. The molecule has 0 unspecified atom stereocenters. The van der Waals surface area contributed by atoms with Crippen LogP contribution in [0, 0.1) is 5.92 Å². The van der Waals surface area contributed by atoms with E-state index in [0.717, 1.165) is 12.1 Å². The molecule has 2 rings (SSSR count). The van der Waals surface area contributed by atoms with Gasteiger partial charge in [-0.3, -0.25) is 4.79 Å². The summed E-state index contributed by atoms with van der Waals surface area (Å²) in [6.45, 7) is 7.70. The van der Waals surface area contributed by atoms with E-state index in [2.05, 4.69) is 19.2 Å². The third-order valence-corrected chi connectivity index (χ3v) is 5.17. The molecular weight excluding hydrogens is 423 g/mol. The quantitative estimate of drug-likeness (QED) is 0.563. The lowest BCUT2D eigenvalue weighted by Gasteiger charge is -2.29. The third-order valence-electron chi connectivity index (χ3n) is 4.62. The number of urea groups is 1. The molecule has 0 aliphatic heterocycles. The molecule has 0 atom stereocenters. The molecule has 1 N–H and O–H groups in total. The summed E-state index contributed by atoms with van der Waals surface area (Å²) in [5.74, 6) is 0.228. The fourth-order valence-electron chi connectivity index (χ4n) is 3.12. The summed E-state index contributed by atoms with van der Waals surface area (Å²) in [6.07, 6.45) is 2.69. The second-order valence-electron chi connectivity index (χ2n) is 7.75. The molecule has 0 aliphatic carbocycles. The Hall–Kier alpha value is -2.18. The highest BCUT2D eigenvalue weighted by Crippen LogP contribution is 2.25. The molecule has 164 valence electrons. The van der Waals surface area contributed by atoms with Gasteiger partial charge in [-0.15, -0.1) is 0 Å². The van der Waals surface area contributed by atoms with E-state index in [0.29, 0.717) is 41.3 Å². The lowest BCUT2D eigenvalue weighted by atomic mass is 10.2. The molecule has 0 bridgehead atoms. The van der Waals surface area contributed by atoms with E-state index in [4.69, 9.17) is 23.2 Å². The van der Waals surface area contributed by atoms with Crippen LogP contribution in [0.15, 0.2) is 36.5 Å². The number of carbonyl (C=O) groups excluding carboxylic acids is 2. The number of benzene rings is 1. The number of hydrogen-bond donors (Lipinski definition) is 1. The third kappa shape index (κ3) is 6.96. The van der Waals surface area contributed by atoms with E-state index in [1.165, 1.54) is 4.90 Å². The maximum atomic E-state index is 13.1. The van der Waals surface area contributed by atoms with Crippen LogP contribution in [0.5, 0.6) is 0 Å². The fraction of sp³-hybridized carbons (Fsp3) is 0.455. The Morgan fingerprint density at radius 1 is 1.17 bits per heavy atom. The van der Waals surface area contributed by atoms with Crippen LogP contribution in [0.2, 0.25) is 10.0 Å². The SMILES string of the molecule is CCCN(CC(=O)N(Cc1cccn1C)CC(C)C)C(=O)Nc1ccc(Cl)cc1Cl. The van der Waals surface area contributed by atoms with E-state index in [-0.39, 0.29) is 18.5 Å². The number of amides is 3. The highest BCUT2D eigenvalue weighted by molar-refractivity contribution is 6.36. The van der Waals surface area contributed by atoms with Crippen LogP contribution in [0.4, 0.5) is 10.5 Å². The van der Waals surface area contributed by atoms with Gasteiger partial charge in [-0.1, -0.05) is 44.0 Å². The van der Waals surface area contributed by atoms with Crippen LogP contribution in [-0.2, 0) is 18.4 Å². The second-order valence-corrected chi connectivity index (χ2v) is 8.60. The standard InChI is InChI=1S/C22H30Cl2N4O2/c1-5-10-27(22(30)25-20-9-8-17(23)12-19(20)24)15-21(29)28(13-16(2)3)14-18-7-6-11-26(18)4/h6-9,11-12,16H,5,10,13-15H2,1-4H3,(H,25,30). The first-order chi connectivity index (χ1) is 14.2. The van der Waals surface area contributed by atoms with Gasteiger partial charge in [-0.05, 0) is 42.7 Å². The molecule has 0 fully saturated rings. The van der Waals surface area contributed by atoms with Crippen molar-refractivity contribution in [2.75, 3.05) is 25.0 Å². The van der Waals surface area contributed by atoms with Gasteiger partial charge < -0.3 is 19.7 Å². The van der Waals surface area contributed by atoms with E-state index in [9.17, 15) is 9.59 Å². The molecule has 1 heterocycles. The van der Waals surface area contributed by atoms with Crippen molar-refractivity contribution in [2.45, 2.75) is 33.7 Å². The average Bonchev–Trinajstić information content (AvgIpc) is 3.07. The first-order valence-corrected chi connectivity index (χ1v) is 10.9. The van der Waals surface area contributed by atoms with E-state index >= 15 is 0 Å². The first-order valence-electron chi connectivity index (χ1n) is 10.1. The number of aromatic nitrogens is 1. The maximum absolute atomic E-state index is 13.1. The van der Waals surface area contributed by atoms with Gasteiger partial charge in [0.05, 0.1) is 17.3 Å². The Morgan fingerprint density at radius 3 is 2.47 bits per heavy atom. The van der Waals surface area contributed by atoms with Gasteiger partial charge in [0.15, 0.2) is 0 Å². The highest BCUT2D eigenvalue weighted by atomic mass is 35.5. The Kier molecular flexibility index (Phi) is 9.06. The predicted molar refractivity (Wildman–Crippen MR) is 123 cm³/mol. The molecule has 0 spiro atoms. The zero-order valence-corrected chi connectivity index (χ0v) is 19.5. The minimum absolute atomic E-state index is 0.00201. The zero-order chi connectivity index (χ0) is 22.3. The van der Waals surface area contributed by atoms with Crippen molar-refractivity contribution in [3.05, 3.63) is 52.3 Å². The Morgan fingerprint density at radius 2 is 1.90 bits per heavy atom. The van der Waals surface area contributed by atoms with Crippen molar-refractivity contribution in [3.8, 4) is 0 Å². The van der Waals surface area contributed by atoms with Crippen molar-refractivity contribution in [3.63, 3.8) is 0 Å². The van der Waals surface area contributed by atoms with Crippen LogP contribution >= 0.6 is 23.2 Å². The molecule has 0 saturated heterocycles. The summed E-state index contributed by atoms with van der Waals surface area (Å²) < 4.78 is 2.00. The van der Waals surface area contributed by atoms with Gasteiger partial charge >= 0.3 is 6.03 Å². The van der Waals surface area contributed by atoms with Crippen molar-refractivity contribution in [2.24, 2.45) is 13.0 Å². The molecule has 0 aliphatic rings. The Balaban J connectivity index is 2.12.